The number of carboxylic acid groups (broad SMARTS) is 1. The Morgan fingerprint density at radius 3 is 2.90 bits per heavy atom. The van der Waals surface area contributed by atoms with Crippen molar-refractivity contribution in [3.05, 3.63) is 29.5 Å². The molecule has 1 aromatic heterocycles. The molecule has 0 amide bonds. The van der Waals surface area contributed by atoms with Crippen molar-refractivity contribution in [2.45, 2.75) is 25.8 Å². The predicted octanol–water partition coefficient (Wildman–Crippen LogP) is 2.10. The second-order valence-corrected chi connectivity index (χ2v) is 5.00. The molecule has 0 aromatic carbocycles. The van der Waals surface area contributed by atoms with E-state index >= 15 is 0 Å². The van der Waals surface area contributed by atoms with Gasteiger partial charge in [-0.05, 0) is 43.0 Å². The molecule has 1 aliphatic carbocycles. The third-order valence-electron chi connectivity index (χ3n) is 3.29. The van der Waals surface area contributed by atoms with Crippen molar-refractivity contribution in [3.63, 3.8) is 0 Å². The number of hydrogen-bond acceptors (Lipinski definition) is 4. The first-order valence-corrected chi connectivity index (χ1v) is 6.75. The van der Waals surface area contributed by atoms with Gasteiger partial charge in [0.2, 0.25) is 0 Å². The number of pyridine rings is 1. The second-order valence-electron chi connectivity index (χ2n) is 5.00. The highest BCUT2D eigenvalue weighted by atomic mass is 16.5. The van der Waals surface area contributed by atoms with Crippen LogP contribution in [0.3, 0.4) is 0 Å². The number of rotatable bonds is 7. The molecule has 0 spiro atoms. The molecule has 20 heavy (non-hydrogen) atoms. The first-order valence-electron chi connectivity index (χ1n) is 6.75. The second kappa shape index (κ2) is 6.52. The Morgan fingerprint density at radius 1 is 1.60 bits per heavy atom. The smallest absolute Gasteiger partial charge is 0.328 e. The topological polar surface area (TPSA) is 62.7 Å². The predicted molar refractivity (Wildman–Crippen MR) is 77.9 cm³/mol. The lowest BCUT2D eigenvalue weighted by Crippen LogP contribution is -2.30. The fourth-order valence-electron chi connectivity index (χ4n) is 2.19. The Kier molecular flexibility index (Phi) is 4.74. The first-order chi connectivity index (χ1) is 9.61. The van der Waals surface area contributed by atoms with Crippen molar-refractivity contribution in [2.24, 2.45) is 0 Å². The van der Waals surface area contributed by atoms with E-state index < -0.39 is 5.97 Å². The largest absolute Gasteiger partial charge is 0.478 e. The van der Waals surface area contributed by atoms with Crippen LogP contribution in [0.4, 0.5) is 5.82 Å². The number of hydrogen-bond donors (Lipinski definition) is 1. The van der Waals surface area contributed by atoms with Crippen molar-refractivity contribution in [1.29, 1.82) is 0 Å². The molecule has 1 N–H and O–H groups in total. The molecule has 0 unspecified atom stereocenters. The summed E-state index contributed by atoms with van der Waals surface area (Å²) in [6.45, 7) is 3.51. The van der Waals surface area contributed by atoms with Gasteiger partial charge in [-0.1, -0.05) is 0 Å². The van der Waals surface area contributed by atoms with Gasteiger partial charge in [0.15, 0.2) is 0 Å². The van der Waals surface area contributed by atoms with Crippen molar-refractivity contribution in [3.8, 4) is 0 Å². The maximum Gasteiger partial charge on any atom is 0.328 e. The monoisotopic (exact) mass is 276 g/mol. The van der Waals surface area contributed by atoms with Crippen LogP contribution in [0.25, 0.3) is 6.08 Å². The quantitative estimate of drug-likeness (QED) is 0.773. The Balaban J connectivity index is 2.16. The first kappa shape index (κ1) is 14.5. The van der Waals surface area contributed by atoms with E-state index in [1.165, 1.54) is 12.8 Å². The molecule has 0 saturated heterocycles. The lowest BCUT2D eigenvalue weighted by Gasteiger charge is -2.25. The van der Waals surface area contributed by atoms with Gasteiger partial charge in [0.1, 0.15) is 5.82 Å². The van der Waals surface area contributed by atoms with E-state index in [9.17, 15) is 4.79 Å². The fourth-order valence-corrected chi connectivity index (χ4v) is 2.19. The Morgan fingerprint density at radius 2 is 2.35 bits per heavy atom. The number of aryl methyl sites for hydroxylation is 1. The van der Waals surface area contributed by atoms with E-state index in [4.69, 9.17) is 9.84 Å². The standard InChI is InChI=1S/C15H20N2O3/c1-11-9-12(3-6-14(18)19)10-16-15(11)17(7-8-20-2)13-4-5-13/h3,6,9-10,13H,4-5,7-8H2,1-2H3,(H,18,19)/b6-3+. The molecule has 1 aliphatic rings. The van der Waals surface area contributed by atoms with E-state index in [1.807, 2.05) is 13.0 Å². The summed E-state index contributed by atoms with van der Waals surface area (Å²) >= 11 is 0. The van der Waals surface area contributed by atoms with Gasteiger partial charge in [-0.15, -0.1) is 0 Å². The van der Waals surface area contributed by atoms with Crippen molar-refractivity contribution in [2.75, 3.05) is 25.2 Å². The molecule has 1 heterocycles. The summed E-state index contributed by atoms with van der Waals surface area (Å²) in [6.07, 6.45) is 6.80. The Bertz CT molecular complexity index is 510. The van der Waals surface area contributed by atoms with Crippen LogP contribution in [0.1, 0.15) is 24.0 Å². The minimum atomic E-state index is -0.952. The highest BCUT2D eigenvalue weighted by molar-refractivity contribution is 5.85. The molecular formula is C15H20N2O3. The van der Waals surface area contributed by atoms with E-state index in [-0.39, 0.29) is 0 Å². The molecule has 1 aromatic rings. The maximum absolute atomic E-state index is 10.5. The molecule has 5 heteroatoms. The van der Waals surface area contributed by atoms with Crippen LogP contribution in [0.5, 0.6) is 0 Å². The van der Waals surface area contributed by atoms with Crippen molar-refractivity contribution < 1.29 is 14.6 Å². The molecule has 0 radical (unpaired) electrons. The van der Waals surface area contributed by atoms with Gasteiger partial charge in [-0.3, -0.25) is 0 Å². The summed E-state index contributed by atoms with van der Waals surface area (Å²) in [5.74, 6) is 0.0171. The molecule has 1 saturated carbocycles. The summed E-state index contributed by atoms with van der Waals surface area (Å²) < 4.78 is 5.15. The van der Waals surface area contributed by atoms with Crippen LogP contribution in [0.15, 0.2) is 18.3 Å². The fraction of sp³-hybridized carbons (Fsp3) is 0.467. The Hall–Kier alpha value is -1.88. The zero-order valence-corrected chi connectivity index (χ0v) is 11.9. The zero-order chi connectivity index (χ0) is 14.5. The summed E-state index contributed by atoms with van der Waals surface area (Å²) in [5.41, 5.74) is 1.86. The summed E-state index contributed by atoms with van der Waals surface area (Å²) in [5, 5.41) is 8.64. The number of ether oxygens (including phenoxy) is 1. The van der Waals surface area contributed by atoms with Gasteiger partial charge in [0.05, 0.1) is 6.61 Å². The minimum Gasteiger partial charge on any atom is -0.478 e. The molecule has 1 fully saturated rings. The minimum absolute atomic E-state index is 0.566. The average molecular weight is 276 g/mol. The van der Waals surface area contributed by atoms with Crippen LogP contribution >= 0.6 is 0 Å². The number of aliphatic carboxylic acids is 1. The maximum atomic E-state index is 10.5. The molecule has 5 nitrogen and oxygen atoms in total. The van der Waals surface area contributed by atoms with Gasteiger partial charge in [-0.25, -0.2) is 9.78 Å². The number of nitrogens with zero attached hydrogens (tertiary/aromatic N) is 2. The van der Waals surface area contributed by atoms with Gasteiger partial charge >= 0.3 is 5.97 Å². The molecular weight excluding hydrogens is 256 g/mol. The molecule has 108 valence electrons. The SMILES string of the molecule is COCCN(c1ncc(/C=C/C(=O)O)cc1C)C1CC1. The summed E-state index contributed by atoms with van der Waals surface area (Å²) in [4.78, 5) is 17.3. The molecule has 0 bridgehead atoms. The number of aromatic nitrogens is 1. The average Bonchev–Trinajstić information content (AvgIpc) is 3.23. The Labute approximate surface area is 118 Å². The van der Waals surface area contributed by atoms with Crippen LogP contribution in [0.2, 0.25) is 0 Å². The van der Waals surface area contributed by atoms with Gasteiger partial charge in [0.25, 0.3) is 0 Å². The van der Waals surface area contributed by atoms with Gasteiger partial charge in [-0.2, -0.15) is 0 Å². The molecule has 2 rings (SSSR count). The van der Waals surface area contributed by atoms with E-state index in [1.54, 1.807) is 19.4 Å². The van der Waals surface area contributed by atoms with E-state index in [0.717, 1.165) is 29.6 Å². The summed E-state index contributed by atoms with van der Waals surface area (Å²) in [6, 6.07) is 2.53. The van der Waals surface area contributed by atoms with E-state index in [0.29, 0.717) is 12.6 Å². The number of carbonyl (C=O) groups is 1. The van der Waals surface area contributed by atoms with Crippen molar-refractivity contribution in [1.82, 2.24) is 4.98 Å². The van der Waals surface area contributed by atoms with E-state index in [2.05, 4.69) is 9.88 Å². The third-order valence-corrected chi connectivity index (χ3v) is 3.29. The number of carboxylic acids is 1. The zero-order valence-electron chi connectivity index (χ0n) is 11.9. The highest BCUT2D eigenvalue weighted by Crippen LogP contribution is 2.32. The molecule has 0 atom stereocenters. The third kappa shape index (κ3) is 3.81. The lowest BCUT2D eigenvalue weighted by molar-refractivity contribution is -0.131. The van der Waals surface area contributed by atoms with Gasteiger partial charge in [0, 0.05) is 32.0 Å². The van der Waals surface area contributed by atoms with Crippen LogP contribution in [-0.2, 0) is 9.53 Å². The highest BCUT2D eigenvalue weighted by Gasteiger charge is 2.30. The van der Waals surface area contributed by atoms with Gasteiger partial charge < -0.3 is 14.7 Å². The normalized spacial score (nSPS) is 14.7. The van der Waals surface area contributed by atoms with Crippen LogP contribution < -0.4 is 4.90 Å². The van der Waals surface area contributed by atoms with Crippen LogP contribution in [0, 0.1) is 6.92 Å². The molecule has 0 aliphatic heterocycles. The number of methoxy groups -OCH3 is 1. The number of anilines is 1. The van der Waals surface area contributed by atoms with Crippen LogP contribution in [-0.4, -0.2) is 42.4 Å². The van der Waals surface area contributed by atoms with Crippen molar-refractivity contribution >= 4 is 17.9 Å². The summed E-state index contributed by atoms with van der Waals surface area (Å²) in [7, 11) is 1.70. The lowest BCUT2D eigenvalue weighted by atomic mass is 10.2.